The summed E-state index contributed by atoms with van der Waals surface area (Å²) in [7, 11) is 0. The van der Waals surface area contributed by atoms with E-state index in [4.69, 9.17) is 0 Å². The molecule has 2 aliphatic carbocycles. The van der Waals surface area contributed by atoms with Crippen LogP contribution in [0.1, 0.15) is 68.8 Å². The number of benzene rings is 1. The van der Waals surface area contributed by atoms with Crippen LogP contribution in [0, 0.1) is 27.7 Å². The highest BCUT2D eigenvalue weighted by atomic mass is 32.1. The number of fused-ring (bicyclic) bond motifs is 6. The van der Waals surface area contributed by atoms with Crippen LogP contribution in [0.4, 0.5) is 0 Å². The van der Waals surface area contributed by atoms with Crippen molar-refractivity contribution in [3.63, 3.8) is 0 Å². The van der Waals surface area contributed by atoms with Crippen LogP contribution in [-0.4, -0.2) is 0 Å². The molecule has 122 valence electrons. The molecular formula is C22H22S2. The number of thiophene rings is 2. The molecule has 0 saturated heterocycles. The third-order valence-electron chi connectivity index (χ3n) is 6.12. The van der Waals surface area contributed by atoms with E-state index in [1.807, 2.05) is 22.7 Å². The minimum Gasteiger partial charge on any atom is -0.140 e. The fourth-order valence-electron chi connectivity index (χ4n) is 5.13. The molecule has 3 aromatic rings. The third kappa shape index (κ3) is 1.59. The van der Waals surface area contributed by atoms with E-state index in [-0.39, 0.29) is 0 Å². The van der Waals surface area contributed by atoms with Gasteiger partial charge in [-0.05, 0) is 84.3 Å². The zero-order chi connectivity index (χ0) is 16.9. The van der Waals surface area contributed by atoms with Crippen molar-refractivity contribution in [1.82, 2.24) is 0 Å². The predicted molar refractivity (Wildman–Crippen MR) is 107 cm³/mol. The Morgan fingerprint density at radius 2 is 1.04 bits per heavy atom. The van der Waals surface area contributed by atoms with Gasteiger partial charge in [0.1, 0.15) is 0 Å². The molecule has 0 nitrogen and oxygen atoms in total. The van der Waals surface area contributed by atoms with E-state index >= 15 is 0 Å². The van der Waals surface area contributed by atoms with Crippen molar-refractivity contribution in [3.05, 3.63) is 55.3 Å². The van der Waals surface area contributed by atoms with Gasteiger partial charge in [0.15, 0.2) is 0 Å². The maximum Gasteiger partial charge on any atom is 0.0389 e. The highest BCUT2D eigenvalue weighted by Crippen LogP contribution is 2.59. The normalized spacial score (nSPS) is 20.1. The zero-order valence-corrected chi connectivity index (χ0v) is 16.8. The Labute approximate surface area is 152 Å². The van der Waals surface area contributed by atoms with Crippen LogP contribution in [0.5, 0.6) is 0 Å². The van der Waals surface area contributed by atoms with Crippen LogP contribution in [-0.2, 0) is 0 Å². The summed E-state index contributed by atoms with van der Waals surface area (Å²) in [4.78, 5) is 5.96. The third-order valence-corrected chi connectivity index (χ3v) is 8.29. The highest BCUT2D eigenvalue weighted by molar-refractivity contribution is 7.16. The molecule has 1 aromatic carbocycles. The lowest BCUT2D eigenvalue weighted by atomic mass is 9.85. The summed E-state index contributed by atoms with van der Waals surface area (Å²) in [5, 5.41) is 0. The largest absolute Gasteiger partial charge is 0.140 e. The molecule has 0 amide bonds. The lowest BCUT2D eigenvalue weighted by Crippen LogP contribution is -2.01. The van der Waals surface area contributed by atoms with Crippen LogP contribution in [0.25, 0.3) is 20.9 Å². The number of hydrogen-bond donors (Lipinski definition) is 0. The van der Waals surface area contributed by atoms with Crippen molar-refractivity contribution in [2.75, 3.05) is 0 Å². The van der Waals surface area contributed by atoms with Crippen molar-refractivity contribution < 1.29 is 0 Å². The fraction of sp³-hybridized carbons (Fsp3) is 0.364. The first-order valence-electron chi connectivity index (χ1n) is 8.78. The van der Waals surface area contributed by atoms with Crippen molar-refractivity contribution in [2.24, 2.45) is 0 Å². The van der Waals surface area contributed by atoms with E-state index in [0.717, 1.165) is 0 Å². The topological polar surface area (TPSA) is 0 Å². The lowest BCUT2D eigenvalue weighted by Gasteiger charge is -2.20. The van der Waals surface area contributed by atoms with E-state index in [1.165, 1.54) is 30.6 Å². The summed E-state index contributed by atoms with van der Waals surface area (Å²) >= 11 is 3.97. The van der Waals surface area contributed by atoms with Gasteiger partial charge in [-0.2, -0.15) is 0 Å². The van der Waals surface area contributed by atoms with Crippen LogP contribution in [0.2, 0.25) is 0 Å². The van der Waals surface area contributed by atoms with Crippen LogP contribution >= 0.6 is 22.7 Å². The molecule has 0 N–H and O–H groups in total. The molecule has 0 bridgehead atoms. The van der Waals surface area contributed by atoms with Crippen LogP contribution in [0.3, 0.4) is 0 Å². The van der Waals surface area contributed by atoms with Gasteiger partial charge in [0.2, 0.25) is 0 Å². The Balaban J connectivity index is 1.91. The maximum absolute atomic E-state index is 2.42. The highest BCUT2D eigenvalue weighted by Gasteiger charge is 2.38. The summed E-state index contributed by atoms with van der Waals surface area (Å²) < 4.78 is 0. The second-order valence-corrected chi connectivity index (χ2v) is 10.1. The Bertz CT molecular complexity index is 945. The fourth-order valence-corrected chi connectivity index (χ4v) is 7.58. The van der Waals surface area contributed by atoms with Crippen LogP contribution in [0.15, 0.2) is 12.1 Å². The molecule has 0 radical (unpaired) electrons. The molecule has 24 heavy (non-hydrogen) atoms. The molecular weight excluding hydrogens is 328 g/mol. The van der Waals surface area contributed by atoms with Gasteiger partial charge in [-0.15, -0.1) is 22.7 Å². The average molecular weight is 351 g/mol. The van der Waals surface area contributed by atoms with E-state index in [2.05, 4.69) is 53.7 Å². The van der Waals surface area contributed by atoms with E-state index in [1.54, 1.807) is 33.4 Å². The number of rotatable bonds is 0. The molecule has 2 atom stereocenters. The zero-order valence-electron chi connectivity index (χ0n) is 15.1. The molecule has 2 aromatic heterocycles. The molecule has 0 saturated carbocycles. The van der Waals surface area contributed by atoms with Gasteiger partial charge in [-0.3, -0.25) is 0 Å². The van der Waals surface area contributed by atoms with E-state index in [0.29, 0.717) is 11.8 Å². The average Bonchev–Trinajstić information content (AvgIpc) is 3.20. The monoisotopic (exact) mass is 350 g/mol. The SMILES string of the molecule is Cc1cc2c(s1)-c1c(C)c3c(c(C)c1C2C)-c1sc(C)cc1C3C. The molecule has 0 aliphatic heterocycles. The first-order chi connectivity index (χ1) is 11.4. The standard InChI is InChI=1S/C22H22S2/c1-9-7-15-11(3)17-14(6)20-18(13(5)19(17)21(15)23-9)12(4)16-8-10(2)24-22(16)20/h7-8,11-12H,1-6H3. The number of hydrogen-bond acceptors (Lipinski definition) is 2. The van der Waals surface area contributed by atoms with Crippen molar-refractivity contribution in [3.8, 4) is 20.9 Å². The molecule has 2 unspecified atom stereocenters. The van der Waals surface area contributed by atoms with Gasteiger partial charge in [-0.25, -0.2) is 0 Å². The molecule has 0 fully saturated rings. The van der Waals surface area contributed by atoms with Gasteiger partial charge in [0.25, 0.3) is 0 Å². The molecule has 2 aliphatic rings. The Morgan fingerprint density at radius 1 is 0.667 bits per heavy atom. The Kier molecular flexibility index (Phi) is 2.87. The molecule has 2 heterocycles. The maximum atomic E-state index is 2.42. The summed E-state index contributed by atoms with van der Waals surface area (Å²) in [6, 6.07) is 4.83. The molecule has 5 rings (SSSR count). The summed E-state index contributed by atoms with van der Waals surface area (Å²) in [6.07, 6.45) is 0. The smallest absolute Gasteiger partial charge is 0.0389 e. The minimum atomic E-state index is 0.532. The summed E-state index contributed by atoms with van der Waals surface area (Å²) in [6.45, 7) is 14.0. The van der Waals surface area contributed by atoms with Crippen molar-refractivity contribution in [1.29, 1.82) is 0 Å². The van der Waals surface area contributed by atoms with Gasteiger partial charge >= 0.3 is 0 Å². The van der Waals surface area contributed by atoms with Gasteiger partial charge in [0.05, 0.1) is 0 Å². The number of aryl methyl sites for hydroxylation is 2. The van der Waals surface area contributed by atoms with Gasteiger partial charge in [-0.1, -0.05) is 13.8 Å². The minimum absolute atomic E-state index is 0.532. The first-order valence-corrected chi connectivity index (χ1v) is 10.4. The second-order valence-electron chi connectivity index (χ2n) is 7.55. The predicted octanol–water partition coefficient (Wildman–Crippen LogP) is 7.31. The Morgan fingerprint density at radius 3 is 1.42 bits per heavy atom. The summed E-state index contributed by atoms with van der Waals surface area (Å²) in [5.41, 5.74) is 12.5. The molecule has 0 spiro atoms. The van der Waals surface area contributed by atoms with Crippen molar-refractivity contribution in [2.45, 2.75) is 53.4 Å². The van der Waals surface area contributed by atoms with E-state index < -0.39 is 0 Å². The summed E-state index contributed by atoms with van der Waals surface area (Å²) in [5.74, 6) is 1.06. The van der Waals surface area contributed by atoms with Gasteiger partial charge < -0.3 is 0 Å². The van der Waals surface area contributed by atoms with Gasteiger partial charge in [0, 0.05) is 31.3 Å². The quantitative estimate of drug-likeness (QED) is 0.399. The van der Waals surface area contributed by atoms with Crippen LogP contribution < -0.4 is 0 Å². The Hall–Kier alpha value is -1.38. The molecule has 2 heteroatoms. The van der Waals surface area contributed by atoms with Crippen molar-refractivity contribution >= 4 is 22.7 Å². The lowest BCUT2D eigenvalue weighted by molar-refractivity contribution is 0.925. The first kappa shape index (κ1) is 14.9. The van der Waals surface area contributed by atoms with E-state index in [9.17, 15) is 0 Å². The second kappa shape index (κ2) is 4.62.